The summed E-state index contributed by atoms with van der Waals surface area (Å²) in [4.78, 5) is 26.0. The molecule has 18 heavy (non-hydrogen) atoms. The van der Waals surface area contributed by atoms with Crippen LogP contribution in [0.3, 0.4) is 0 Å². The standard InChI is InChI=1S/C13H18N2O3/c1-13(8-16)6-2-5-10(13)15-12(18)9-4-3-7-14-11(9)17/h3-4,7,10,16H,2,5-6,8H2,1H3,(H,14,17)(H,15,18). The Hall–Kier alpha value is -1.62. The van der Waals surface area contributed by atoms with Crippen molar-refractivity contribution in [2.24, 2.45) is 5.41 Å². The fourth-order valence-corrected chi connectivity index (χ4v) is 2.50. The molecule has 2 unspecified atom stereocenters. The van der Waals surface area contributed by atoms with E-state index in [1.165, 1.54) is 12.3 Å². The average molecular weight is 250 g/mol. The molecule has 5 nitrogen and oxygen atoms in total. The SMILES string of the molecule is CC1(CO)CCCC1NC(=O)c1ccc[nH]c1=O. The van der Waals surface area contributed by atoms with E-state index in [9.17, 15) is 14.7 Å². The minimum atomic E-state index is -0.390. The molecule has 1 aromatic heterocycles. The Morgan fingerprint density at radius 1 is 1.67 bits per heavy atom. The lowest BCUT2D eigenvalue weighted by Gasteiger charge is -2.29. The fourth-order valence-electron chi connectivity index (χ4n) is 2.50. The molecule has 1 saturated carbocycles. The van der Waals surface area contributed by atoms with Crippen molar-refractivity contribution in [2.45, 2.75) is 32.2 Å². The highest BCUT2D eigenvalue weighted by atomic mass is 16.3. The summed E-state index contributed by atoms with van der Waals surface area (Å²) in [6.07, 6.45) is 4.20. The molecule has 1 aliphatic carbocycles. The number of carbonyl (C=O) groups is 1. The van der Waals surface area contributed by atoms with Gasteiger partial charge in [-0.05, 0) is 25.0 Å². The molecule has 98 valence electrons. The van der Waals surface area contributed by atoms with Crippen molar-refractivity contribution in [1.29, 1.82) is 0 Å². The van der Waals surface area contributed by atoms with Gasteiger partial charge in [0.2, 0.25) is 0 Å². The minimum Gasteiger partial charge on any atom is -0.396 e. The smallest absolute Gasteiger partial charge is 0.260 e. The summed E-state index contributed by atoms with van der Waals surface area (Å²) >= 11 is 0. The molecule has 3 N–H and O–H groups in total. The first-order valence-corrected chi connectivity index (χ1v) is 6.16. The van der Waals surface area contributed by atoms with Gasteiger partial charge in [-0.15, -0.1) is 0 Å². The Balaban J connectivity index is 2.13. The van der Waals surface area contributed by atoms with Crippen molar-refractivity contribution < 1.29 is 9.90 Å². The summed E-state index contributed by atoms with van der Waals surface area (Å²) < 4.78 is 0. The first-order valence-electron chi connectivity index (χ1n) is 6.16. The van der Waals surface area contributed by atoms with Crippen molar-refractivity contribution >= 4 is 5.91 Å². The number of hydrogen-bond donors (Lipinski definition) is 3. The predicted molar refractivity (Wildman–Crippen MR) is 67.4 cm³/mol. The maximum atomic E-state index is 12.0. The number of aromatic amines is 1. The van der Waals surface area contributed by atoms with E-state index in [4.69, 9.17) is 0 Å². The zero-order valence-corrected chi connectivity index (χ0v) is 10.4. The highest BCUT2D eigenvalue weighted by Gasteiger charge is 2.39. The third-order valence-electron chi connectivity index (χ3n) is 3.81. The van der Waals surface area contributed by atoms with Gasteiger partial charge < -0.3 is 15.4 Å². The van der Waals surface area contributed by atoms with Gasteiger partial charge >= 0.3 is 0 Å². The second kappa shape index (κ2) is 4.94. The van der Waals surface area contributed by atoms with Crippen LogP contribution in [0.25, 0.3) is 0 Å². The van der Waals surface area contributed by atoms with Crippen LogP contribution in [-0.4, -0.2) is 28.6 Å². The van der Waals surface area contributed by atoms with Gasteiger partial charge in [0.05, 0.1) is 6.61 Å². The van der Waals surface area contributed by atoms with Crippen molar-refractivity contribution in [3.63, 3.8) is 0 Å². The topological polar surface area (TPSA) is 82.2 Å². The first kappa shape index (κ1) is 12.8. The number of nitrogens with one attached hydrogen (secondary N) is 2. The lowest BCUT2D eigenvalue weighted by Crippen LogP contribution is -2.45. The molecule has 2 atom stereocenters. The molecular formula is C13H18N2O3. The van der Waals surface area contributed by atoms with Crippen LogP contribution in [0.4, 0.5) is 0 Å². The Bertz CT molecular complexity index is 497. The van der Waals surface area contributed by atoms with Crippen LogP contribution < -0.4 is 10.9 Å². The number of pyridine rings is 1. The zero-order chi connectivity index (χ0) is 13.2. The van der Waals surface area contributed by atoms with E-state index in [2.05, 4.69) is 10.3 Å². The number of rotatable bonds is 3. The summed E-state index contributed by atoms with van der Waals surface area (Å²) in [6, 6.07) is 3.05. The molecule has 1 heterocycles. The molecule has 0 saturated heterocycles. The summed E-state index contributed by atoms with van der Waals surface area (Å²) in [6.45, 7) is 2.00. The van der Waals surface area contributed by atoms with E-state index in [-0.39, 0.29) is 29.5 Å². The van der Waals surface area contributed by atoms with Crippen molar-refractivity contribution in [3.8, 4) is 0 Å². The molecule has 0 aromatic carbocycles. The van der Waals surface area contributed by atoms with Crippen LogP contribution in [-0.2, 0) is 0 Å². The molecular weight excluding hydrogens is 232 g/mol. The number of hydrogen-bond acceptors (Lipinski definition) is 3. The van der Waals surface area contributed by atoms with Crippen LogP contribution in [0.1, 0.15) is 36.5 Å². The van der Waals surface area contributed by atoms with E-state index in [1.54, 1.807) is 6.07 Å². The monoisotopic (exact) mass is 250 g/mol. The number of aliphatic hydroxyl groups is 1. The minimum absolute atomic E-state index is 0.0447. The molecule has 5 heteroatoms. The molecule has 0 spiro atoms. The Labute approximate surface area is 105 Å². The molecule has 0 bridgehead atoms. The third-order valence-corrected chi connectivity index (χ3v) is 3.81. The van der Waals surface area contributed by atoms with Gasteiger partial charge in [-0.2, -0.15) is 0 Å². The average Bonchev–Trinajstić information content (AvgIpc) is 2.72. The Kier molecular flexibility index (Phi) is 3.52. The van der Waals surface area contributed by atoms with E-state index in [1.807, 2.05) is 6.92 Å². The zero-order valence-electron chi connectivity index (χ0n) is 10.4. The van der Waals surface area contributed by atoms with Gasteiger partial charge in [0.1, 0.15) is 5.56 Å². The van der Waals surface area contributed by atoms with E-state index in [0.29, 0.717) is 0 Å². The largest absolute Gasteiger partial charge is 0.396 e. The second-order valence-corrected chi connectivity index (χ2v) is 5.14. The highest BCUT2D eigenvalue weighted by molar-refractivity contribution is 5.94. The summed E-state index contributed by atoms with van der Waals surface area (Å²) in [5.41, 5.74) is -0.555. The van der Waals surface area contributed by atoms with E-state index >= 15 is 0 Å². The lowest BCUT2D eigenvalue weighted by molar-refractivity contribution is 0.0829. The van der Waals surface area contributed by atoms with E-state index < -0.39 is 5.56 Å². The molecule has 1 aromatic rings. The summed E-state index contributed by atoms with van der Waals surface area (Å²) in [5, 5.41) is 12.3. The Morgan fingerprint density at radius 2 is 2.44 bits per heavy atom. The van der Waals surface area contributed by atoms with E-state index in [0.717, 1.165) is 19.3 Å². The number of aliphatic hydroxyl groups excluding tert-OH is 1. The van der Waals surface area contributed by atoms with Gasteiger partial charge in [-0.3, -0.25) is 9.59 Å². The summed E-state index contributed by atoms with van der Waals surface area (Å²) in [5.74, 6) is -0.372. The van der Waals surface area contributed by atoms with Crippen LogP contribution in [0, 0.1) is 5.41 Å². The number of amides is 1. The lowest BCUT2D eigenvalue weighted by atomic mass is 9.85. The Morgan fingerprint density at radius 3 is 3.11 bits per heavy atom. The number of H-pyrrole nitrogens is 1. The quantitative estimate of drug-likeness (QED) is 0.737. The summed E-state index contributed by atoms with van der Waals surface area (Å²) in [7, 11) is 0. The van der Waals surface area contributed by atoms with Crippen LogP contribution >= 0.6 is 0 Å². The fraction of sp³-hybridized carbons (Fsp3) is 0.538. The van der Waals surface area contributed by atoms with Gasteiger partial charge in [-0.25, -0.2) is 0 Å². The molecule has 1 amide bonds. The van der Waals surface area contributed by atoms with Crippen LogP contribution in [0.5, 0.6) is 0 Å². The third kappa shape index (κ3) is 2.31. The van der Waals surface area contributed by atoms with Gasteiger partial charge in [-0.1, -0.05) is 13.3 Å². The van der Waals surface area contributed by atoms with Gasteiger partial charge in [0, 0.05) is 17.7 Å². The maximum Gasteiger partial charge on any atom is 0.260 e. The van der Waals surface area contributed by atoms with Crippen LogP contribution in [0.15, 0.2) is 23.1 Å². The van der Waals surface area contributed by atoms with Gasteiger partial charge in [0.15, 0.2) is 0 Å². The highest BCUT2D eigenvalue weighted by Crippen LogP contribution is 2.37. The van der Waals surface area contributed by atoms with Crippen LogP contribution in [0.2, 0.25) is 0 Å². The van der Waals surface area contributed by atoms with Crippen molar-refractivity contribution in [1.82, 2.24) is 10.3 Å². The molecule has 1 aliphatic rings. The molecule has 0 aliphatic heterocycles. The van der Waals surface area contributed by atoms with Crippen molar-refractivity contribution in [3.05, 3.63) is 34.2 Å². The van der Waals surface area contributed by atoms with Gasteiger partial charge in [0.25, 0.3) is 11.5 Å². The molecule has 0 radical (unpaired) electrons. The number of carbonyl (C=O) groups excluding carboxylic acids is 1. The second-order valence-electron chi connectivity index (χ2n) is 5.14. The molecule has 1 fully saturated rings. The number of aromatic nitrogens is 1. The normalized spacial score (nSPS) is 27.1. The molecule has 2 rings (SSSR count). The maximum absolute atomic E-state index is 12.0. The first-order chi connectivity index (χ1) is 8.57. The van der Waals surface area contributed by atoms with Crippen molar-refractivity contribution in [2.75, 3.05) is 6.61 Å². The predicted octanol–water partition coefficient (Wildman–Crippen LogP) is 0.656.